The largest absolute Gasteiger partial charge is 0.410 e. The van der Waals surface area contributed by atoms with E-state index in [1.807, 2.05) is 27.9 Å². The van der Waals surface area contributed by atoms with Gasteiger partial charge in [0.1, 0.15) is 5.04 Å². The summed E-state index contributed by atoms with van der Waals surface area (Å²) < 4.78 is 0.761. The number of thioether (sulfide) groups is 2. The summed E-state index contributed by atoms with van der Waals surface area (Å²) in [5.74, 6) is 0. The molecule has 0 unspecified atom stereocenters. The minimum absolute atomic E-state index is 0.158. The SMILES string of the molecule is CN(C)/N=C1\S/C(=N/O)C(C)(C)S1. The van der Waals surface area contributed by atoms with Crippen LogP contribution in [0.2, 0.25) is 0 Å². The topological polar surface area (TPSA) is 48.2 Å². The highest BCUT2D eigenvalue weighted by Gasteiger charge is 2.38. The summed E-state index contributed by atoms with van der Waals surface area (Å²) in [4.78, 5) is 0. The average Bonchev–Trinajstić information content (AvgIpc) is 2.23. The average molecular weight is 219 g/mol. The first kappa shape index (κ1) is 10.7. The lowest BCUT2D eigenvalue weighted by molar-refractivity contribution is 0.319. The molecule has 0 bridgehead atoms. The minimum atomic E-state index is -0.158. The fraction of sp³-hybridized carbons (Fsp3) is 0.714. The van der Waals surface area contributed by atoms with E-state index in [0.717, 1.165) is 4.38 Å². The molecule has 0 spiro atoms. The third-order valence-electron chi connectivity index (χ3n) is 1.41. The molecule has 0 radical (unpaired) electrons. The highest BCUT2D eigenvalue weighted by atomic mass is 32.2. The molecule has 0 aromatic heterocycles. The second-order valence-electron chi connectivity index (χ2n) is 3.33. The molecule has 1 rings (SSSR count). The van der Waals surface area contributed by atoms with Crippen molar-refractivity contribution >= 4 is 32.9 Å². The first-order chi connectivity index (χ1) is 5.95. The van der Waals surface area contributed by atoms with E-state index in [9.17, 15) is 0 Å². The van der Waals surface area contributed by atoms with Crippen molar-refractivity contribution in [3.63, 3.8) is 0 Å². The standard InChI is InChI=1S/C7H13N3OS2/c1-7(2)5(9-11)12-6(13-7)8-10(3)4/h11H,1-4H3/b8-6+,9-5+. The van der Waals surface area contributed by atoms with Gasteiger partial charge in [0.2, 0.25) is 0 Å². The van der Waals surface area contributed by atoms with Crippen LogP contribution in [0.4, 0.5) is 0 Å². The zero-order valence-corrected chi connectivity index (χ0v) is 9.74. The molecule has 13 heavy (non-hydrogen) atoms. The van der Waals surface area contributed by atoms with Crippen molar-refractivity contribution in [1.29, 1.82) is 0 Å². The van der Waals surface area contributed by atoms with Crippen molar-refractivity contribution in [1.82, 2.24) is 5.01 Å². The van der Waals surface area contributed by atoms with Gasteiger partial charge in [-0.1, -0.05) is 16.9 Å². The molecule has 1 saturated heterocycles. The molecule has 0 aliphatic carbocycles. The van der Waals surface area contributed by atoms with Gasteiger partial charge in [-0.05, 0) is 25.6 Å². The summed E-state index contributed by atoms with van der Waals surface area (Å²) >= 11 is 3.03. The molecular weight excluding hydrogens is 206 g/mol. The van der Waals surface area contributed by atoms with Crippen molar-refractivity contribution in [2.75, 3.05) is 14.1 Å². The highest BCUT2D eigenvalue weighted by molar-refractivity contribution is 8.50. The Hall–Kier alpha value is -0.360. The van der Waals surface area contributed by atoms with E-state index in [1.165, 1.54) is 11.8 Å². The van der Waals surface area contributed by atoms with E-state index in [-0.39, 0.29) is 4.75 Å². The Bertz CT molecular complexity index is 260. The zero-order chi connectivity index (χ0) is 10.1. The lowest BCUT2D eigenvalue weighted by atomic mass is 10.2. The number of oxime groups is 1. The summed E-state index contributed by atoms with van der Waals surface area (Å²) in [5, 5.41) is 18.7. The van der Waals surface area contributed by atoms with Crippen molar-refractivity contribution in [3.05, 3.63) is 0 Å². The van der Waals surface area contributed by atoms with Gasteiger partial charge >= 0.3 is 0 Å². The second kappa shape index (κ2) is 3.79. The molecule has 1 aliphatic heterocycles. The smallest absolute Gasteiger partial charge is 0.157 e. The number of hydrogen-bond acceptors (Lipinski definition) is 6. The maximum atomic E-state index is 8.74. The fourth-order valence-electron chi connectivity index (χ4n) is 0.833. The van der Waals surface area contributed by atoms with E-state index < -0.39 is 0 Å². The highest BCUT2D eigenvalue weighted by Crippen LogP contribution is 2.43. The Morgan fingerprint density at radius 2 is 2.00 bits per heavy atom. The van der Waals surface area contributed by atoms with Gasteiger partial charge in [-0.25, -0.2) is 0 Å². The van der Waals surface area contributed by atoms with Crippen LogP contribution in [0.25, 0.3) is 0 Å². The first-order valence-corrected chi connectivity index (χ1v) is 5.44. The van der Waals surface area contributed by atoms with Crippen molar-refractivity contribution < 1.29 is 5.21 Å². The van der Waals surface area contributed by atoms with E-state index in [4.69, 9.17) is 5.21 Å². The number of hydrogen-bond donors (Lipinski definition) is 1. The monoisotopic (exact) mass is 219 g/mol. The molecule has 0 amide bonds. The van der Waals surface area contributed by atoms with Crippen molar-refractivity contribution in [2.45, 2.75) is 18.6 Å². The number of hydrazone groups is 1. The quantitative estimate of drug-likeness (QED) is 0.540. The number of nitrogens with zero attached hydrogens (tertiary/aromatic N) is 3. The molecule has 1 heterocycles. The van der Waals surface area contributed by atoms with Crippen LogP contribution in [0.1, 0.15) is 13.8 Å². The summed E-state index contributed by atoms with van der Waals surface area (Å²) in [7, 11) is 3.74. The summed E-state index contributed by atoms with van der Waals surface area (Å²) in [6.45, 7) is 4.02. The molecule has 4 nitrogen and oxygen atoms in total. The van der Waals surface area contributed by atoms with Crippen LogP contribution in [-0.2, 0) is 0 Å². The molecule has 74 valence electrons. The Morgan fingerprint density at radius 1 is 1.38 bits per heavy atom. The van der Waals surface area contributed by atoms with Gasteiger partial charge in [0.15, 0.2) is 4.38 Å². The van der Waals surface area contributed by atoms with E-state index in [1.54, 1.807) is 16.8 Å². The van der Waals surface area contributed by atoms with Crippen LogP contribution in [0.3, 0.4) is 0 Å². The Morgan fingerprint density at radius 3 is 2.38 bits per heavy atom. The molecule has 1 aliphatic rings. The molecule has 1 fully saturated rings. The van der Waals surface area contributed by atoms with Gasteiger partial charge in [0.05, 0.1) is 4.75 Å². The van der Waals surface area contributed by atoms with Crippen LogP contribution in [-0.4, -0.2) is 38.5 Å². The van der Waals surface area contributed by atoms with Crippen LogP contribution in [0, 0.1) is 0 Å². The first-order valence-electron chi connectivity index (χ1n) is 3.81. The Kier molecular flexibility index (Phi) is 3.13. The van der Waals surface area contributed by atoms with Crippen molar-refractivity contribution in [3.8, 4) is 0 Å². The van der Waals surface area contributed by atoms with Crippen LogP contribution < -0.4 is 0 Å². The van der Waals surface area contributed by atoms with E-state index in [0.29, 0.717) is 5.04 Å². The van der Waals surface area contributed by atoms with Crippen LogP contribution >= 0.6 is 23.5 Å². The molecule has 0 aromatic carbocycles. The minimum Gasteiger partial charge on any atom is -0.410 e. The van der Waals surface area contributed by atoms with Gasteiger partial charge in [0.25, 0.3) is 0 Å². The lowest BCUT2D eigenvalue weighted by Gasteiger charge is -2.12. The maximum absolute atomic E-state index is 8.74. The molecule has 0 aromatic rings. The molecular formula is C7H13N3OS2. The predicted molar refractivity (Wildman–Crippen MR) is 59.6 cm³/mol. The van der Waals surface area contributed by atoms with Crippen molar-refractivity contribution in [2.24, 2.45) is 10.3 Å². The summed E-state index contributed by atoms with van der Waals surface area (Å²) in [5.41, 5.74) is 0. The van der Waals surface area contributed by atoms with Crippen LogP contribution in [0.15, 0.2) is 10.3 Å². The van der Waals surface area contributed by atoms with Crippen LogP contribution in [0.5, 0.6) is 0 Å². The fourth-order valence-corrected chi connectivity index (χ4v) is 3.54. The third kappa shape index (κ3) is 2.54. The second-order valence-corrected chi connectivity index (χ2v) is 6.18. The molecule has 0 atom stereocenters. The molecule has 6 heteroatoms. The lowest BCUT2D eigenvalue weighted by Crippen LogP contribution is -2.19. The maximum Gasteiger partial charge on any atom is 0.157 e. The Labute approximate surface area is 86.4 Å². The summed E-state index contributed by atoms with van der Waals surface area (Å²) in [6, 6.07) is 0. The van der Waals surface area contributed by atoms with E-state index in [2.05, 4.69) is 10.3 Å². The normalized spacial score (nSPS) is 27.1. The zero-order valence-electron chi connectivity index (χ0n) is 8.11. The molecule has 1 N–H and O–H groups in total. The van der Waals surface area contributed by atoms with Gasteiger partial charge in [-0.15, -0.1) is 0 Å². The molecule has 0 saturated carbocycles. The summed E-state index contributed by atoms with van der Waals surface area (Å²) in [6.07, 6.45) is 0. The Balaban J connectivity index is 2.82. The van der Waals surface area contributed by atoms with Gasteiger partial charge in [0, 0.05) is 14.1 Å². The third-order valence-corrected chi connectivity index (χ3v) is 4.04. The predicted octanol–water partition coefficient (Wildman–Crippen LogP) is 1.87. The van der Waals surface area contributed by atoms with Gasteiger partial charge < -0.3 is 10.2 Å². The number of rotatable bonds is 1. The van der Waals surface area contributed by atoms with Gasteiger partial charge in [-0.3, -0.25) is 0 Å². The van der Waals surface area contributed by atoms with E-state index >= 15 is 0 Å². The van der Waals surface area contributed by atoms with Gasteiger partial charge in [-0.2, -0.15) is 5.10 Å².